The third kappa shape index (κ3) is 6.07. The summed E-state index contributed by atoms with van der Waals surface area (Å²) in [5, 5.41) is 17.0. The highest BCUT2D eigenvalue weighted by molar-refractivity contribution is 7.17. The summed E-state index contributed by atoms with van der Waals surface area (Å²) in [6.07, 6.45) is 0.966. The molecule has 0 aromatic carbocycles. The molecule has 0 aliphatic carbocycles. The Morgan fingerprint density at radius 2 is 1.95 bits per heavy atom. The summed E-state index contributed by atoms with van der Waals surface area (Å²) in [4.78, 5) is 23.8. The van der Waals surface area contributed by atoms with E-state index in [1.54, 1.807) is 6.92 Å². The summed E-state index contributed by atoms with van der Waals surface area (Å²) in [5.74, 6) is -0.220. The van der Waals surface area contributed by atoms with E-state index in [0.29, 0.717) is 17.6 Å². The normalized spacial score (nSPS) is 12.0. The molecule has 2 amide bonds. The van der Waals surface area contributed by atoms with Crippen LogP contribution in [0.15, 0.2) is 0 Å². The van der Waals surface area contributed by atoms with E-state index in [1.165, 1.54) is 11.3 Å². The van der Waals surface area contributed by atoms with Crippen LogP contribution in [0.1, 0.15) is 43.9 Å². The number of carbonyl (C=O) groups excluding carboxylic acids is 2. The van der Waals surface area contributed by atoms with Crippen LogP contribution in [-0.4, -0.2) is 41.1 Å². The average Bonchev–Trinajstić information content (AvgIpc) is 2.91. The molecular formula is C13H23N5O2S. The highest BCUT2D eigenvalue weighted by Gasteiger charge is 2.19. The SMILES string of the molecule is CCCNc1nnc(C(=O)NC(C)C(=O)NCC(C)C)s1. The van der Waals surface area contributed by atoms with Gasteiger partial charge in [0, 0.05) is 13.1 Å². The molecule has 1 heterocycles. The van der Waals surface area contributed by atoms with Gasteiger partial charge in [0.2, 0.25) is 16.0 Å². The maximum Gasteiger partial charge on any atom is 0.282 e. The molecule has 0 fully saturated rings. The standard InChI is InChI=1S/C13H23N5O2S/c1-5-6-14-13-18-17-12(21-13)11(20)16-9(4)10(19)15-7-8(2)3/h8-9H,5-7H2,1-4H3,(H,14,18)(H,15,19)(H,16,20). The van der Waals surface area contributed by atoms with Gasteiger partial charge < -0.3 is 16.0 Å². The molecule has 1 atom stereocenters. The lowest BCUT2D eigenvalue weighted by atomic mass is 10.2. The van der Waals surface area contributed by atoms with Crippen LogP contribution < -0.4 is 16.0 Å². The van der Waals surface area contributed by atoms with Crippen molar-refractivity contribution < 1.29 is 9.59 Å². The van der Waals surface area contributed by atoms with Gasteiger partial charge in [0.05, 0.1) is 0 Å². The van der Waals surface area contributed by atoms with Crippen LogP contribution in [0.5, 0.6) is 0 Å². The molecule has 0 radical (unpaired) electrons. The van der Waals surface area contributed by atoms with Gasteiger partial charge in [-0.3, -0.25) is 9.59 Å². The fourth-order valence-electron chi connectivity index (χ4n) is 1.40. The van der Waals surface area contributed by atoms with Crippen molar-refractivity contribution in [1.82, 2.24) is 20.8 Å². The van der Waals surface area contributed by atoms with Gasteiger partial charge in [-0.05, 0) is 19.3 Å². The molecular weight excluding hydrogens is 290 g/mol. The van der Waals surface area contributed by atoms with Crippen LogP contribution in [0.4, 0.5) is 5.13 Å². The molecule has 1 aromatic rings. The Morgan fingerprint density at radius 1 is 1.24 bits per heavy atom. The number of hydrogen-bond donors (Lipinski definition) is 3. The monoisotopic (exact) mass is 313 g/mol. The quantitative estimate of drug-likeness (QED) is 0.671. The van der Waals surface area contributed by atoms with Crippen molar-refractivity contribution in [1.29, 1.82) is 0 Å². The molecule has 0 saturated heterocycles. The number of aromatic nitrogens is 2. The van der Waals surface area contributed by atoms with Gasteiger partial charge in [-0.15, -0.1) is 10.2 Å². The van der Waals surface area contributed by atoms with E-state index in [9.17, 15) is 9.59 Å². The lowest BCUT2D eigenvalue weighted by Gasteiger charge is -2.14. The maximum absolute atomic E-state index is 12.0. The number of nitrogens with one attached hydrogen (secondary N) is 3. The number of nitrogens with zero attached hydrogens (tertiary/aromatic N) is 2. The van der Waals surface area contributed by atoms with Gasteiger partial charge in [0.1, 0.15) is 6.04 Å². The average molecular weight is 313 g/mol. The van der Waals surface area contributed by atoms with Crippen molar-refractivity contribution in [3.63, 3.8) is 0 Å². The first-order valence-electron chi connectivity index (χ1n) is 7.10. The van der Waals surface area contributed by atoms with E-state index < -0.39 is 6.04 Å². The second-order valence-electron chi connectivity index (χ2n) is 5.17. The maximum atomic E-state index is 12.0. The number of carbonyl (C=O) groups is 2. The molecule has 1 aromatic heterocycles. The molecule has 3 N–H and O–H groups in total. The van der Waals surface area contributed by atoms with E-state index in [0.717, 1.165) is 13.0 Å². The van der Waals surface area contributed by atoms with E-state index in [2.05, 4.69) is 26.1 Å². The Balaban J connectivity index is 2.48. The van der Waals surface area contributed by atoms with E-state index in [-0.39, 0.29) is 16.8 Å². The first kappa shape index (κ1) is 17.4. The third-order valence-corrected chi connectivity index (χ3v) is 3.45. The molecule has 7 nitrogen and oxygen atoms in total. The molecule has 0 aliphatic heterocycles. The number of anilines is 1. The number of rotatable bonds is 8. The first-order chi connectivity index (χ1) is 9.93. The summed E-state index contributed by atoms with van der Waals surface area (Å²) in [6, 6.07) is -0.604. The molecule has 21 heavy (non-hydrogen) atoms. The Kier molecular flexibility index (Phi) is 7.07. The van der Waals surface area contributed by atoms with Gasteiger partial charge in [0.15, 0.2) is 0 Å². The van der Waals surface area contributed by atoms with Crippen molar-refractivity contribution >= 4 is 28.3 Å². The molecule has 118 valence electrons. The zero-order chi connectivity index (χ0) is 15.8. The van der Waals surface area contributed by atoms with Gasteiger partial charge in [-0.2, -0.15) is 0 Å². The van der Waals surface area contributed by atoms with Crippen LogP contribution in [0.3, 0.4) is 0 Å². The summed E-state index contributed by atoms with van der Waals surface area (Å²) in [7, 11) is 0. The lowest BCUT2D eigenvalue weighted by molar-refractivity contribution is -0.122. The lowest BCUT2D eigenvalue weighted by Crippen LogP contribution is -2.45. The zero-order valence-electron chi connectivity index (χ0n) is 12.9. The van der Waals surface area contributed by atoms with Crippen LogP contribution in [0, 0.1) is 5.92 Å². The van der Waals surface area contributed by atoms with E-state index in [1.807, 2.05) is 20.8 Å². The second-order valence-corrected chi connectivity index (χ2v) is 6.15. The smallest absolute Gasteiger partial charge is 0.282 e. The summed E-state index contributed by atoms with van der Waals surface area (Å²) in [5.41, 5.74) is 0. The van der Waals surface area contributed by atoms with E-state index >= 15 is 0 Å². The van der Waals surface area contributed by atoms with Crippen molar-refractivity contribution in [2.45, 2.75) is 40.2 Å². The van der Waals surface area contributed by atoms with Crippen molar-refractivity contribution in [2.24, 2.45) is 5.92 Å². The van der Waals surface area contributed by atoms with Crippen LogP contribution in [-0.2, 0) is 4.79 Å². The third-order valence-electron chi connectivity index (χ3n) is 2.57. The van der Waals surface area contributed by atoms with Crippen molar-refractivity contribution in [3.05, 3.63) is 5.01 Å². The molecule has 0 bridgehead atoms. The number of amides is 2. The van der Waals surface area contributed by atoms with Gasteiger partial charge in [-0.1, -0.05) is 32.1 Å². The highest BCUT2D eigenvalue weighted by atomic mass is 32.1. The predicted molar refractivity (Wildman–Crippen MR) is 83.5 cm³/mol. The van der Waals surface area contributed by atoms with Gasteiger partial charge >= 0.3 is 0 Å². The number of hydrogen-bond acceptors (Lipinski definition) is 6. The minimum Gasteiger partial charge on any atom is -0.360 e. The largest absolute Gasteiger partial charge is 0.360 e. The fraction of sp³-hybridized carbons (Fsp3) is 0.692. The van der Waals surface area contributed by atoms with Gasteiger partial charge in [0.25, 0.3) is 5.91 Å². The molecule has 0 saturated carbocycles. The van der Waals surface area contributed by atoms with Crippen molar-refractivity contribution in [3.8, 4) is 0 Å². The zero-order valence-corrected chi connectivity index (χ0v) is 13.7. The minimum atomic E-state index is -0.604. The molecule has 0 aliphatic rings. The van der Waals surface area contributed by atoms with Gasteiger partial charge in [-0.25, -0.2) is 0 Å². The second kappa shape index (κ2) is 8.56. The van der Waals surface area contributed by atoms with Crippen molar-refractivity contribution in [2.75, 3.05) is 18.4 Å². The Bertz CT molecular complexity index is 475. The van der Waals surface area contributed by atoms with E-state index in [4.69, 9.17) is 0 Å². The molecule has 8 heteroatoms. The highest BCUT2D eigenvalue weighted by Crippen LogP contribution is 2.14. The molecule has 1 rings (SSSR count). The van der Waals surface area contributed by atoms with Crippen LogP contribution in [0.25, 0.3) is 0 Å². The fourth-order valence-corrected chi connectivity index (χ4v) is 2.07. The summed E-state index contributed by atoms with van der Waals surface area (Å²) >= 11 is 1.18. The minimum absolute atomic E-state index is 0.203. The Morgan fingerprint density at radius 3 is 2.57 bits per heavy atom. The first-order valence-corrected chi connectivity index (χ1v) is 7.91. The predicted octanol–water partition coefficient (Wildman–Crippen LogP) is 1.25. The Hall–Kier alpha value is -1.70. The summed E-state index contributed by atoms with van der Waals surface area (Å²) < 4.78 is 0. The topological polar surface area (TPSA) is 96.0 Å². The van der Waals surface area contributed by atoms with Crippen LogP contribution in [0.2, 0.25) is 0 Å². The Labute approximate surface area is 128 Å². The molecule has 0 spiro atoms. The molecule has 1 unspecified atom stereocenters. The summed E-state index contributed by atoms with van der Waals surface area (Å²) in [6.45, 7) is 9.07. The van der Waals surface area contributed by atoms with Crippen LogP contribution >= 0.6 is 11.3 Å².